The van der Waals surface area contributed by atoms with Crippen molar-refractivity contribution in [3.05, 3.63) is 16.9 Å². The fourth-order valence-electron chi connectivity index (χ4n) is 2.55. The molecule has 0 N–H and O–H groups in total. The van der Waals surface area contributed by atoms with Crippen LogP contribution in [-0.4, -0.2) is 28.8 Å². The molecule has 82 valence electrons. The zero-order chi connectivity index (χ0) is 10.3. The fraction of sp³-hybridized carbons (Fsp3) is 0.700. The molecule has 1 aliphatic heterocycles. The van der Waals surface area contributed by atoms with Gasteiger partial charge < -0.3 is 9.47 Å². The van der Waals surface area contributed by atoms with E-state index in [9.17, 15) is 0 Å². The Morgan fingerprint density at radius 3 is 2.93 bits per heavy atom. The molecule has 1 aromatic heterocycles. The smallest absolute Gasteiger partial charge is 0.190 e. The van der Waals surface area contributed by atoms with Gasteiger partial charge in [-0.2, -0.15) is 5.10 Å². The van der Waals surface area contributed by atoms with Crippen LogP contribution < -0.4 is 0 Å². The Bertz CT molecular complexity index is 355. The van der Waals surface area contributed by atoms with Crippen molar-refractivity contribution in [1.29, 1.82) is 0 Å². The third-order valence-electron chi connectivity index (χ3n) is 3.18. The van der Waals surface area contributed by atoms with Gasteiger partial charge in [-0.25, -0.2) is 0 Å². The third-order valence-corrected chi connectivity index (χ3v) is 3.59. The van der Waals surface area contributed by atoms with Crippen molar-refractivity contribution in [2.24, 2.45) is 0 Å². The number of rotatable bonds is 1. The van der Waals surface area contributed by atoms with Crippen molar-refractivity contribution in [3.63, 3.8) is 0 Å². The van der Waals surface area contributed by atoms with Crippen molar-refractivity contribution >= 4 is 15.9 Å². The standard InChI is InChI=1S/C10H13BrN2O2/c11-8-6-12-13(7-8)9-2-1-3-10(9)14-4-5-15-10/h6-7,9H,1-5H2. The second kappa shape index (κ2) is 3.57. The number of hydrogen-bond donors (Lipinski definition) is 0. The van der Waals surface area contributed by atoms with E-state index in [0.29, 0.717) is 13.2 Å². The molecule has 15 heavy (non-hydrogen) atoms. The molecular weight excluding hydrogens is 260 g/mol. The lowest BCUT2D eigenvalue weighted by Gasteiger charge is -2.29. The first kappa shape index (κ1) is 9.81. The second-order valence-corrected chi connectivity index (χ2v) is 4.97. The molecule has 1 atom stereocenters. The first-order valence-electron chi connectivity index (χ1n) is 5.28. The topological polar surface area (TPSA) is 36.3 Å². The Morgan fingerprint density at radius 2 is 2.27 bits per heavy atom. The highest BCUT2D eigenvalue weighted by Gasteiger charge is 2.49. The van der Waals surface area contributed by atoms with E-state index in [1.54, 1.807) is 6.20 Å². The van der Waals surface area contributed by atoms with Crippen LogP contribution in [0.4, 0.5) is 0 Å². The molecule has 4 nitrogen and oxygen atoms in total. The predicted octanol–water partition coefficient (Wildman–Crippen LogP) is 2.11. The first-order valence-corrected chi connectivity index (χ1v) is 6.07. The maximum atomic E-state index is 5.78. The molecule has 0 aromatic carbocycles. The van der Waals surface area contributed by atoms with Crippen LogP contribution in [0.25, 0.3) is 0 Å². The van der Waals surface area contributed by atoms with Crippen molar-refractivity contribution in [2.75, 3.05) is 13.2 Å². The Kier molecular flexibility index (Phi) is 2.34. The van der Waals surface area contributed by atoms with Crippen LogP contribution in [0.5, 0.6) is 0 Å². The number of halogens is 1. The fourth-order valence-corrected chi connectivity index (χ4v) is 2.86. The summed E-state index contributed by atoms with van der Waals surface area (Å²) >= 11 is 3.41. The summed E-state index contributed by atoms with van der Waals surface area (Å²) in [5.41, 5.74) is 0. The largest absolute Gasteiger partial charge is 0.345 e. The molecule has 2 heterocycles. The van der Waals surface area contributed by atoms with E-state index in [2.05, 4.69) is 21.0 Å². The summed E-state index contributed by atoms with van der Waals surface area (Å²) in [6, 6.07) is 0.228. The molecule has 5 heteroatoms. The molecule has 0 radical (unpaired) electrons. The molecule has 1 aliphatic carbocycles. The van der Waals surface area contributed by atoms with Gasteiger partial charge in [0.2, 0.25) is 0 Å². The van der Waals surface area contributed by atoms with Gasteiger partial charge in [0.15, 0.2) is 5.79 Å². The van der Waals surface area contributed by atoms with Gasteiger partial charge in [0.1, 0.15) is 6.04 Å². The van der Waals surface area contributed by atoms with Crippen molar-refractivity contribution in [1.82, 2.24) is 9.78 Å². The van der Waals surface area contributed by atoms with Crippen LogP contribution in [0.15, 0.2) is 16.9 Å². The van der Waals surface area contributed by atoms with E-state index < -0.39 is 5.79 Å². The van der Waals surface area contributed by atoms with Gasteiger partial charge >= 0.3 is 0 Å². The Morgan fingerprint density at radius 1 is 1.47 bits per heavy atom. The van der Waals surface area contributed by atoms with Gasteiger partial charge in [0.25, 0.3) is 0 Å². The van der Waals surface area contributed by atoms with Gasteiger partial charge in [-0.3, -0.25) is 4.68 Å². The molecule has 3 rings (SSSR count). The summed E-state index contributed by atoms with van der Waals surface area (Å²) in [5.74, 6) is -0.397. The van der Waals surface area contributed by atoms with E-state index >= 15 is 0 Å². The molecule has 1 spiro atoms. The average molecular weight is 273 g/mol. The Labute approximate surface area is 96.7 Å². The third kappa shape index (κ3) is 1.53. The Hall–Kier alpha value is -0.390. The van der Waals surface area contributed by atoms with Crippen molar-refractivity contribution in [3.8, 4) is 0 Å². The summed E-state index contributed by atoms with van der Waals surface area (Å²) in [6.07, 6.45) is 7.00. The number of nitrogens with zero attached hydrogens (tertiary/aromatic N) is 2. The second-order valence-electron chi connectivity index (χ2n) is 4.06. The molecule has 1 unspecified atom stereocenters. The minimum Gasteiger partial charge on any atom is -0.345 e. The maximum absolute atomic E-state index is 5.78. The van der Waals surface area contributed by atoms with Gasteiger partial charge in [-0.05, 0) is 28.8 Å². The summed E-state index contributed by atoms with van der Waals surface area (Å²) in [4.78, 5) is 0. The quantitative estimate of drug-likeness (QED) is 0.786. The van der Waals surface area contributed by atoms with E-state index in [1.165, 1.54) is 0 Å². The lowest BCUT2D eigenvalue weighted by molar-refractivity contribution is -0.177. The predicted molar refractivity (Wildman–Crippen MR) is 57.5 cm³/mol. The highest BCUT2D eigenvalue weighted by molar-refractivity contribution is 9.10. The number of ether oxygens (including phenoxy) is 2. The van der Waals surface area contributed by atoms with Crippen LogP contribution >= 0.6 is 15.9 Å². The highest BCUT2D eigenvalue weighted by Crippen LogP contribution is 2.45. The van der Waals surface area contributed by atoms with Crippen LogP contribution in [0.3, 0.4) is 0 Å². The highest BCUT2D eigenvalue weighted by atomic mass is 79.9. The number of aromatic nitrogens is 2. The van der Waals surface area contributed by atoms with E-state index in [-0.39, 0.29) is 6.04 Å². The number of hydrogen-bond acceptors (Lipinski definition) is 3. The van der Waals surface area contributed by atoms with E-state index in [0.717, 1.165) is 23.7 Å². The first-order chi connectivity index (χ1) is 7.30. The van der Waals surface area contributed by atoms with E-state index in [1.807, 2.05) is 10.9 Å². The minimum atomic E-state index is -0.397. The van der Waals surface area contributed by atoms with Crippen LogP contribution in [-0.2, 0) is 9.47 Å². The summed E-state index contributed by atoms with van der Waals surface area (Å²) in [5, 5.41) is 4.33. The maximum Gasteiger partial charge on any atom is 0.190 e. The summed E-state index contributed by atoms with van der Waals surface area (Å²) in [6.45, 7) is 1.41. The minimum absolute atomic E-state index is 0.228. The molecule has 0 bridgehead atoms. The monoisotopic (exact) mass is 272 g/mol. The summed E-state index contributed by atoms with van der Waals surface area (Å²) in [7, 11) is 0. The Balaban J connectivity index is 1.91. The normalized spacial score (nSPS) is 29.0. The molecule has 0 amide bonds. The van der Waals surface area contributed by atoms with Gasteiger partial charge in [-0.1, -0.05) is 0 Å². The van der Waals surface area contributed by atoms with Crippen LogP contribution in [0.2, 0.25) is 0 Å². The van der Waals surface area contributed by atoms with E-state index in [4.69, 9.17) is 9.47 Å². The zero-order valence-corrected chi connectivity index (χ0v) is 9.94. The average Bonchev–Trinajstić information content (AvgIpc) is 2.90. The van der Waals surface area contributed by atoms with Crippen LogP contribution in [0, 0.1) is 0 Å². The lowest BCUT2D eigenvalue weighted by Crippen LogP contribution is -2.36. The SMILES string of the molecule is Brc1cnn(C2CCCC23OCCO3)c1. The zero-order valence-electron chi connectivity index (χ0n) is 8.36. The molecule has 2 fully saturated rings. The molecule has 1 saturated carbocycles. The molecule has 1 saturated heterocycles. The van der Waals surface area contributed by atoms with Gasteiger partial charge in [-0.15, -0.1) is 0 Å². The molecule has 2 aliphatic rings. The van der Waals surface area contributed by atoms with Gasteiger partial charge in [0.05, 0.1) is 23.9 Å². The van der Waals surface area contributed by atoms with Crippen molar-refractivity contribution < 1.29 is 9.47 Å². The lowest BCUT2D eigenvalue weighted by atomic mass is 10.1. The van der Waals surface area contributed by atoms with Crippen molar-refractivity contribution in [2.45, 2.75) is 31.1 Å². The summed E-state index contributed by atoms with van der Waals surface area (Å²) < 4.78 is 14.5. The molecule has 1 aromatic rings. The molecular formula is C10H13BrN2O2. The van der Waals surface area contributed by atoms with Gasteiger partial charge in [0, 0.05) is 12.6 Å². The van der Waals surface area contributed by atoms with Crippen LogP contribution in [0.1, 0.15) is 25.3 Å².